The molecule has 0 saturated carbocycles. The number of aliphatic carboxylic acids is 1. The summed E-state index contributed by atoms with van der Waals surface area (Å²) >= 11 is 6.26. The first-order valence-electron chi connectivity index (χ1n) is 13.9. The van der Waals surface area contributed by atoms with E-state index >= 15 is 0 Å². The lowest BCUT2D eigenvalue weighted by atomic mass is 9.58. The number of aromatic hydroxyl groups is 1. The van der Waals surface area contributed by atoms with Crippen LogP contribution in [-0.2, 0) is 19.0 Å². The number of fused-ring (bicyclic) bond motifs is 3. The van der Waals surface area contributed by atoms with Gasteiger partial charge in [-0.15, -0.1) is 0 Å². The summed E-state index contributed by atoms with van der Waals surface area (Å²) in [6.45, 7) is 4.36. The largest absolute Gasteiger partial charge is 0.508 e. The Morgan fingerprint density at radius 2 is 1.95 bits per heavy atom. The van der Waals surface area contributed by atoms with Gasteiger partial charge in [0.2, 0.25) is 11.8 Å². The monoisotopic (exact) mass is 557 g/mol. The Balaban J connectivity index is 1.48. The number of hydrogen-bond donors (Lipinski definition) is 3. The third-order valence-electron chi connectivity index (χ3n) is 8.29. The summed E-state index contributed by atoms with van der Waals surface area (Å²) in [6.07, 6.45) is 6.33. The van der Waals surface area contributed by atoms with Crippen LogP contribution in [0.15, 0.2) is 34.9 Å². The number of halogens is 1. The molecule has 0 radical (unpaired) electrons. The predicted molar refractivity (Wildman–Crippen MR) is 149 cm³/mol. The van der Waals surface area contributed by atoms with Gasteiger partial charge < -0.3 is 19.9 Å². The molecule has 2 saturated heterocycles. The Bertz CT molecular complexity index is 1180. The molecule has 2 fully saturated rings. The normalized spacial score (nSPS) is 25.3. The zero-order valence-corrected chi connectivity index (χ0v) is 23.3. The van der Waals surface area contributed by atoms with Crippen molar-refractivity contribution in [1.82, 2.24) is 4.90 Å². The van der Waals surface area contributed by atoms with Gasteiger partial charge in [-0.25, -0.2) is 0 Å². The van der Waals surface area contributed by atoms with Gasteiger partial charge in [-0.1, -0.05) is 42.2 Å². The van der Waals surface area contributed by atoms with Gasteiger partial charge in [0, 0.05) is 13.0 Å². The lowest BCUT2D eigenvalue weighted by Gasteiger charge is -2.43. The Morgan fingerprint density at radius 1 is 1.18 bits per heavy atom. The number of allylic oxidation sites excluding steroid dienone is 2. The first-order chi connectivity index (χ1) is 18.6. The number of hydrogen-bond acceptors (Lipinski definition) is 6. The number of amides is 2. The third kappa shape index (κ3) is 6.59. The number of carboxylic acid groups (broad SMARTS) is 1. The molecule has 0 aromatic heterocycles. The molecule has 3 N–H and O–H groups in total. The Labute approximate surface area is 234 Å². The number of nitrogens with zero attached hydrogens (tertiary/aromatic N) is 1. The average Bonchev–Trinajstić information content (AvgIpc) is 3.12. The maximum absolute atomic E-state index is 13.5. The number of unbranched alkanes of at least 4 members (excludes halogenated alkanes) is 2. The van der Waals surface area contributed by atoms with Gasteiger partial charge in [0.1, 0.15) is 5.75 Å². The predicted octanol–water partition coefficient (Wildman–Crippen LogP) is 5.08. The number of carbonyl (C=O) groups excluding carboxylic acids is 2. The minimum atomic E-state index is -1.01. The molecule has 0 spiro atoms. The molecule has 0 unspecified atom stereocenters. The Hall–Kier alpha value is -2.62. The van der Waals surface area contributed by atoms with E-state index in [1.165, 1.54) is 11.0 Å². The standard InChI is InChI=1S/C29H37BClNO7/c1-3-18-14-21-27(29(37)32(28(21)36)12-6-4-5-7-25(34)35)22-16-30(38)39-24(26(18)22)11-8-17(2)13-19-9-10-20(33)15-23(19)31/h9-10,13,15,21-22,24,27,33,38H,3-8,11-12,14,16H2,1-2H3,(H,34,35)/b17-13+/t21-,22+,24-,27-/m1/s1. The Morgan fingerprint density at radius 3 is 2.64 bits per heavy atom. The number of phenolic OH excluding ortho intramolecular Hbond substituents is 1. The van der Waals surface area contributed by atoms with Crippen LogP contribution >= 0.6 is 11.6 Å². The van der Waals surface area contributed by atoms with Crippen molar-refractivity contribution >= 4 is 42.6 Å². The number of benzene rings is 1. The lowest BCUT2D eigenvalue weighted by molar-refractivity contribution is -0.141. The smallest absolute Gasteiger partial charge is 0.455 e. The minimum absolute atomic E-state index is 0.0816. The molecule has 4 atom stereocenters. The molecule has 1 aromatic carbocycles. The highest BCUT2D eigenvalue weighted by atomic mass is 35.5. The highest BCUT2D eigenvalue weighted by Gasteiger charge is 2.56. The van der Waals surface area contributed by atoms with Gasteiger partial charge in [0.05, 0.1) is 23.0 Å². The van der Waals surface area contributed by atoms with Crippen LogP contribution < -0.4 is 0 Å². The molecule has 39 heavy (non-hydrogen) atoms. The van der Waals surface area contributed by atoms with E-state index in [0.29, 0.717) is 56.4 Å². The van der Waals surface area contributed by atoms with Crippen molar-refractivity contribution in [3.05, 3.63) is 45.5 Å². The summed E-state index contributed by atoms with van der Waals surface area (Å²) in [7, 11) is -1.01. The van der Waals surface area contributed by atoms with E-state index < -0.39 is 24.9 Å². The van der Waals surface area contributed by atoms with Gasteiger partial charge in [0.15, 0.2) is 0 Å². The second-order valence-corrected chi connectivity index (χ2v) is 11.3. The molecule has 2 heterocycles. The van der Waals surface area contributed by atoms with Crippen LogP contribution in [-0.4, -0.2) is 57.7 Å². The third-order valence-corrected chi connectivity index (χ3v) is 8.61. The quantitative estimate of drug-likeness (QED) is 0.150. The van der Waals surface area contributed by atoms with Crippen molar-refractivity contribution in [2.75, 3.05) is 6.54 Å². The van der Waals surface area contributed by atoms with Crippen molar-refractivity contribution in [2.24, 2.45) is 17.8 Å². The first-order valence-corrected chi connectivity index (χ1v) is 14.3. The van der Waals surface area contributed by atoms with E-state index in [9.17, 15) is 24.5 Å². The number of rotatable bonds is 11. The summed E-state index contributed by atoms with van der Waals surface area (Å²) in [5.41, 5.74) is 4.09. The SMILES string of the molecule is CCC1=C2[C@@H](CC/C(C)=C/c3ccc(O)cc3Cl)OB(O)C[C@@H]2[C@@H]2C(=O)N(CCCCCC(=O)O)C(=O)[C@@H]2C1. The van der Waals surface area contributed by atoms with E-state index in [1.54, 1.807) is 12.1 Å². The van der Waals surface area contributed by atoms with Crippen molar-refractivity contribution in [3.63, 3.8) is 0 Å². The molecule has 3 aliphatic rings. The van der Waals surface area contributed by atoms with Crippen molar-refractivity contribution in [3.8, 4) is 5.75 Å². The number of carboxylic acids is 1. The number of imide groups is 1. The van der Waals surface area contributed by atoms with Gasteiger partial charge in [0.25, 0.3) is 0 Å². The van der Waals surface area contributed by atoms with E-state index in [2.05, 4.69) is 6.92 Å². The molecular formula is C29H37BClNO7. The lowest BCUT2D eigenvalue weighted by Crippen LogP contribution is -2.46. The van der Waals surface area contributed by atoms with Crippen LogP contribution in [0.1, 0.15) is 70.8 Å². The molecule has 10 heteroatoms. The summed E-state index contributed by atoms with van der Waals surface area (Å²) in [6, 6.07) is 4.85. The van der Waals surface area contributed by atoms with Crippen LogP contribution in [0.5, 0.6) is 5.75 Å². The fraction of sp³-hybridized carbons (Fsp3) is 0.552. The number of carbonyl (C=O) groups is 3. The molecule has 2 aliphatic heterocycles. The zero-order valence-electron chi connectivity index (χ0n) is 22.6. The molecule has 2 amide bonds. The maximum Gasteiger partial charge on any atom is 0.455 e. The number of phenols is 1. The fourth-order valence-corrected chi connectivity index (χ4v) is 6.67. The van der Waals surface area contributed by atoms with E-state index in [1.807, 2.05) is 13.0 Å². The molecule has 4 rings (SSSR count). The van der Waals surface area contributed by atoms with E-state index in [-0.39, 0.29) is 36.0 Å². The van der Waals surface area contributed by atoms with Gasteiger partial charge in [-0.2, -0.15) is 0 Å². The van der Waals surface area contributed by atoms with Crippen LogP contribution in [0.2, 0.25) is 11.3 Å². The summed E-state index contributed by atoms with van der Waals surface area (Å²) in [5.74, 6) is -2.20. The van der Waals surface area contributed by atoms with Crippen LogP contribution in [0.4, 0.5) is 0 Å². The van der Waals surface area contributed by atoms with Gasteiger partial charge in [-0.3, -0.25) is 19.3 Å². The second kappa shape index (κ2) is 12.7. The average molecular weight is 558 g/mol. The summed E-state index contributed by atoms with van der Waals surface area (Å²) in [4.78, 5) is 39.0. The van der Waals surface area contributed by atoms with Crippen LogP contribution in [0, 0.1) is 17.8 Å². The van der Waals surface area contributed by atoms with Crippen LogP contribution in [0.25, 0.3) is 6.08 Å². The van der Waals surface area contributed by atoms with Gasteiger partial charge in [-0.05, 0) is 87.0 Å². The van der Waals surface area contributed by atoms with Crippen molar-refractivity contribution < 1.29 is 34.3 Å². The molecule has 1 aromatic rings. The second-order valence-electron chi connectivity index (χ2n) is 10.9. The molecular weight excluding hydrogens is 521 g/mol. The minimum Gasteiger partial charge on any atom is -0.508 e. The van der Waals surface area contributed by atoms with Crippen molar-refractivity contribution in [1.29, 1.82) is 0 Å². The zero-order chi connectivity index (χ0) is 28.3. The highest BCUT2D eigenvalue weighted by molar-refractivity contribution is 6.43. The molecule has 1 aliphatic carbocycles. The maximum atomic E-state index is 13.5. The van der Waals surface area contributed by atoms with E-state index in [4.69, 9.17) is 21.4 Å². The fourth-order valence-electron chi connectivity index (χ4n) is 6.44. The summed E-state index contributed by atoms with van der Waals surface area (Å²) < 4.78 is 6.03. The van der Waals surface area contributed by atoms with Gasteiger partial charge >= 0.3 is 13.1 Å². The van der Waals surface area contributed by atoms with Crippen LogP contribution in [0.3, 0.4) is 0 Å². The first kappa shape index (κ1) is 29.4. The van der Waals surface area contributed by atoms with E-state index in [0.717, 1.165) is 28.7 Å². The topological polar surface area (TPSA) is 124 Å². The highest BCUT2D eigenvalue weighted by Crippen LogP contribution is 2.51. The number of likely N-dealkylation sites (tertiary alicyclic amines) is 1. The summed E-state index contributed by atoms with van der Waals surface area (Å²) in [5, 5.41) is 29.6. The molecule has 0 bridgehead atoms. The molecule has 8 nitrogen and oxygen atoms in total. The Kier molecular flexibility index (Phi) is 9.57. The molecule has 210 valence electrons. The van der Waals surface area contributed by atoms with Crippen molar-refractivity contribution in [2.45, 2.75) is 77.6 Å².